The summed E-state index contributed by atoms with van der Waals surface area (Å²) in [6.45, 7) is 5.87. The van der Waals surface area contributed by atoms with Gasteiger partial charge in [-0.25, -0.2) is 0 Å². The monoisotopic (exact) mass is 173 g/mol. The standard InChI is InChI=1S/C8H15NOS/c1-5(2)4-7(6(3)11)8(9)10/h5,7H,4H2,1-3H3,(H2,9,10). The van der Waals surface area contributed by atoms with E-state index in [2.05, 4.69) is 0 Å². The Balaban J connectivity index is 4.12. The van der Waals surface area contributed by atoms with Gasteiger partial charge in [-0.15, -0.1) is 0 Å². The molecule has 0 saturated carbocycles. The summed E-state index contributed by atoms with van der Waals surface area (Å²) >= 11 is 4.91. The van der Waals surface area contributed by atoms with Crippen LogP contribution in [0.1, 0.15) is 27.2 Å². The van der Waals surface area contributed by atoms with Crippen LogP contribution < -0.4 is 5.73 Å². The van der Waals surface area contributed by atoms with Crippen molar-refractivity contribution >= 4 is 23.0 Å². The summed E-state index contributed by atoms with van der Waals surface area (Å²) in [6.07, 6.45) is 0.769. The summed E-state index contributed by atoms with van der Waals surface area (Å²) < 4.78 is 0. The molecule has 1 unspecified atom stereocenters. The molecule has 0 aliphatic carbocycles. The third-order valence-corrected chi connectivity index (χ3v) is 1.83. The average molecular weight is 173 g/mol. The van der Waals surface area contributed by atoms with Crippen molar-refractivity contribution in [3.8, 4) is 0 Å². The molecule has 0 radical (unpaired) electrons. The SMILES string of the molecule is CC(=S)C(CC(C)C)C(N)=O. The molecule has 0 aromatic heterocycles. The summed E-state index contributed by atoms with van der Waals surface area (Å²) in [5.41, 5.74) is 5.16. The summed E-state index contributed by atoms with van der Waals surface area (Å²) in [7, 11) is 0. The van der Waals surface area contributed by atoms with Gasteiger partial charge in [0.1, 0.15) is 0 Å². The van der Waals surface area contributed by atoms with Crippen LogP contribution in [0.4, 0.5) is 0 Å². The molecule has 64 valence electrons. The number of thiocarbonyl (C=S) groups is 1. The fourth-order valence-electron chi connectivity index (χ4n) is 0.954. The molecule has 1 atom stereocenters. The first-order chi connectivity index (χ1) is 4.95. The second-order valence-electron chi connectivity index (χ2n) is 3.20. The molecule has 0 aliphatic rings. The van der Waals surface area contributed by atoms with Crippen LogP contribution in [-0.4, -0.2) is 10.8 Å². The lowest BCUT2D eigenvalue weighted by Gasteiger charge is -2.13. The first-order valence-corrected chi connectivity index (χ1v) is 4.15. The first-order valence-electron chi connectivity index (χ1n) is 3.75. The van der Waals surface area contributed by atoms with Gasteiger partial charge in [0.15, 0.2) is 0 Å². The van der Waals surface area contributed by atoms with Crippen LogP contribution in [0.25, 0.3) is 0 Å². The van der Waals surface area contributed by atoms with E-state index < -0.39 is 0 Å². The lowest BCUT2D eigenvalue weighted by atomic mass is 9.94. The van der Waals surface area contributed by atoms with Crippen molar-refractivity contribution in [1.29, 1.82) is 0 Å². The highest BCUT2D eigenvalue weighted by Crippen LogP contribution is 2.12. The van der Waals surface area contributed by atoms with Gasteiger partial charge in [-0.1, -0.05) is 26.1 Å². The fourth-order valence-corrected chi connectivity index (χ4v) is 1.17. The number of carbonyl (C=O) groups is 1. The van der Waals surface area contributed by atoms with Crippen molar-refractivity contribution in [2.75, 3.05) is 0 Å². The van der Waals surface area contributed by atoms with Gasteiger partial charge in [-0.2, -0.15) is 0 Å². The number of rotatable bonds is 4. The van der Waals surface area contributed by atoms with Gasteiger partial charge in [0.25, 0.3) is 0 Å². The van der Waals surface area contributed by atoms with Crippen LogP contribution in [0.2, 0.25) is 0 Å². The quantitative estimate of drug-likeness (QED) is 0.655. The van der Waals surface area contributed by atoms with Crippen LogP contribution in [0, 0.1) is 11.8 Å². The second kappa shape index (κ2) is 4.44. The molecule has 0 aromatic rings. The van der Waals surface area contributed by atoms with Crippen molar-refractivity contribution in [2.24, 2.45) is 17.6 Å². The van der Waals surface area contributed by atoms with Crippen molar-refractivity contribution in [3.63, 3.8) is 0 Å². The molecule has 11 heavy (non-hydrogen) atoms. The highest BCUT2D eigenvalue weighted by molar-refractivity contribution is 7.80. The Kier molecular flexibility index (Phi) is 4.26. The Hall–Kier alpha value is -0.440. The van der Waals surface area contributed by atoms with E-state index in [-0.39, 0.29) is 11.8 Å². The fraction of sp³-hybridized carbons (Fsp3) is 0.750. The van der Waals surface area contributed by atoms with Crippen LogP contribution in [-0.2, 0) is 4.79 Å². The highest BCUT2D eigenvalue weighted by Gasteiger charge is 2.18. The van der Waals surface area contributed by atoms with Crippen molar-refractivity contribution in [3.05, 3.63) is 0 Å². The van der Waals surface area contributed by atoms with Crippen molar-refractivity contribution < 1.29 is 4.79 Å². The Morgan fingerprint density at radius 3 is 2.09 bits per heavy atom. The molecule has 0 rings (SSSR count). The van der Waals surface area contributed by atoms with Crippen LogP contribution in [0.5, 0.6) is 0 Å². The van der Waals surface area contributed by atoms with Crippen molar-refractivity contribution in [2.45, 2.75) is 27.2 Å². The van der Waals surface area contributed by atoms with E-state index in [0.29, 0.717) is 10.8 Å². The number of hydrogen-bond donors (Lipinski definition) is 1. The Morgan fingerprint density at radius 2 is 2.00 bits per heavy atom. The minimum absolute atomic E-state index is 0.218. The summed E-state index contributed by atoms with van der Waals surface area (Å²) in [5, 5.41) is 0. The minimum Gasteiger partial charge on any atom is -0.369 e. The largest absolute Gasteiger partial charge is 0.369 e. The Labute approximate surface area is 73.2 Å². The third-order valence-electron chi connectivity index (χ3n) is 1.54. The zero-order chi connectivity index (χ0) is 9.02. The lowest BCUT2D eigenvalue weighted by Crippen LogP contribution is -2.29. The number of carbonyl (C=O) groups excluding carboxylic acids is 1. The molecule has 0 saturated heterocycles. The van der Waals surface area contributed by atoms with E-state index in [4.69, 9.17) is 18.0 Å². The van der Waals surface area contributed by atoms with Crippen LogP contribution >= 0.6 is 12.2 Å². The van der Waals surface area contributed by atoms with Crippen molar-refractivity contribution in [1.82, 2.24) is 0 Å². The number of amides is 1. The zero-order valence-electron chi connectivity index (χ0n) is 7.26. The number of nitrogens with two attached hydrogens (primary N) is 1. The predicted octanol–water partition coefficient (Wildman–Crippen LogP) is 1.52. The van der Waals surface area contributed by atoms with E-state index in [1.807, 2.05) is 13.8 Å². The summed E-state index contributed by atoms with van der Waals surface area (Å²) in [5.74, 6) is -0.0541. The molecule has 0 spiro atoms. The maximum Gasteiger partial charge on any atom is 0.225 e. The molecule has 3 heteroatoms. The molecule has 0 fully saturated rings. The smallest absolute Gasteiger partial charge is 0.225 e. The molecule has 0 aromatic carbocycles. The van der Waals surface area contributed by atoms with Gasteiger partial charge in [-0.3, -0.25) is 4.79 Å². The van der Waals surface area contributed by atoms with E-state index in [1.54, 1.807) is 6.92 Å². The third kappa shape index (κ3) is 4.09. The van der Waals surface area contributed by atoms with Crippen LogP contribution in [0.15, 0.2) is 0 Å². The molecule has 0 aliphatic heterocycles. The Bertz CT molecular complexity index is 151. The molecule has 1 amide bonds. The van der Waals surface area contributed by atoms with Gasteiger partial charge in [-0.05, 0) is 19.3 Å². The number of primary amides is 1. The molecular formula is C8H15NOS. The van der Waals surface area contributed by atoms with E-state index in [1.165, 1.54) is 0 Å². The summed E-state index contributed by atoms with van der Waals surface area (Å²) in [6, 6.07) is 0. The minimum atomic E-state index is -0.300. The normalized spacial score (nSPS) is 13.1. The molecule has 2 N–H and O–H groups in total. The predicted molar refractivity (Wildman–Crippen MR) is 50.4 cm³/mol. The van der Waals surface area contributed by atoms with Gasteiger partial charge in [0.05, 0.1) is 5.92 Å². The Morgan fingerprint density at radius 1 is 1.55 bits per heavy atom. The summed E-state index contributed by atoms with van der Waals surface area (Å²) in [4.78, 5) is 11.5. The van der Waals surface area contributed by atoms with Gasteiger partial charge in [0, 0.05) is 4.86 Å². The van der Waals surface area contributed by atoms with E-state index >= 15 is 0 Å². The zero-order valence-corrected chi connectivity index (χ0v) is 8.07. The molecule has 0 heterocycles. The maximum atomic E-state index is 10.8. The molecule has 0 bridgehead atoms. The number of hydrogen-bond acceptors (Lipinski definition) is 2. The lowest BCUT2D eigenvalue weighted by molar-refractivity contribution is -0.120. The highest BCUT2D eigenvalue weighted by atomic mass is 32.1. The molecular weight excluding hydrogens is 158 g/mol. The first kappa shape index (κ1) is 10.6. The topological polar surface area (TPSA) is 43.1 Å². The van der Waals surface area contributed by atoms with E-state index in [0.717, 1.165) is 6.42 Å². The maximum absolute atomic E-state index is 10.8. The van der Waals surface area contributed by atoms with Gasteiger partial charge in [0.2, 0.25) is 5.91 Å². The average Bonchev–Trinajstić information content (AvgIpc) is 1.81. The van der Waals surface area contributed by atoms with Gasteiger partial charge < -0.3 is 5.73 Å². The molecule has 2 nitrogen and oxygen atoms in total. The van der Waals surface area contributed by atoms with Gasteiger partial charge >= 0.3 is 0 Å². The van der Waals surface area contributed by atoms with Crippen LogP contribution in [0.3, 0.4) is 0 Å². The second-order valence-corrected chi connectivity index (χ2v) is 3.84. The van der Waals surface area contributed by atoms with E-state index in [9.17, 15) is 4.79 Å².